The van der Waals surface area contributed by atoms with Crippen LogP contribution in [0, 0.1) is 0 Å². The van der Waals surface area contributed by atoms with Crippen LogP contribution in [0.25, 0.3) is 0 Å². The maximum Gasteiger partial charge on any atom is 0.119 e. The minimum atomic E-state index is 0.0439. The summed E-state index contributed by atoms with van der Waals surface area (Å²) in [4.78, 5) is 2.46. The van der Waals surface area contributed by atoms with Crippen molar-refractivity contribution < 1.29 is 9.84 Å². The third-order valence-electron chi connectivity index (χ3n) is 3.90. The Morgan fingerprint density at radius 1 is 1.38 bits per heavy atom. The number of aliphatic hydroxyl groups is 1. The first-order valence-corrected chi connectivity index (χ1v) is 7.39. The first kappa shape index (κ1) is 14.1. The number of nitrogens with zero attached hydrogens (tertiary/aromatic N) is 2. The number of hydrogen-bond donors (Lipinski definition) is 2. The number of aromatic nitrogens is 2. The summed E-state index contributed by atoms with van der Waals surface area (Å²) in [6.45, 7) is 3.48. The number of benzene rings is 1. The molecule has 0 bridgehead atoms. The van der Waals surface area contributed by atoms with Crippen LogP contribution in [0.1, 0.15) is 23.6 Å². The Morgan fingerprint density at radius 3 is 3.14 bits per heavy atom. The summed E-state index contributed by atoms with van der Waals surface area (Å²) in [6, 6.07) is 10.2. The zero-order valence-electron chi connectivity index (χ0n) is 12.0. The zero-order chi connectivity index (χ0) is 14.5. The van der Waals surface area contributed by atoms with Crippen LogP contribution < -0.4 is 4.74 Å². The van der Waals surface area contributed by atoms with Crippen molar-refractivity contribution in [2.24, 2.45) is 0 Å². The van der Waals surface area contributed by atoms with Crippen molar-refractivity contribution in [3.8, 4) is 5.75 Å². The second-order valence-electron chi connectivity index (χ2n) is 5.45. The fourth-order valence-corrected chi connectivity index (χ4v) is 2.88. The van der Waals surface area contributed by atoms with Gasteiger partial charge in [0.25, 0.3) is 0 Å². The number of rotatable bonds is 6. The molecule has 1 saturated heterocycles. The van der Waals surface area contributed by atoms with Crippen LogP contribution in [0.3, 0.4) is 0 Å². The molecule has 1 aromatic carbocycles. The average molecular weight is 287 g/mol. The predicted molar refractivity (Wildman–Crippen MR) is 80.2 cm³/mol. The van der Waals surface area contributed by atoms with Crippen molar-refractivity contribution in [1.82, 2.24) is 15.1 Å². The summed E-state index contributed by atoms with van der Waals surface area (Å²) in [7, 11) is 0. The number of hydrogen-bond acceptors (Lipinski definition) is 4. The summed E-state index contributed by atoms with van der Waals surface area (Å²) in [5.41, 5.74) is 2.48. The van der Waals surface area contributed by atoms with E-state index in [-0.39, 0.29) is 6.61 Å². The Hall–Kier alpha value is -1.85. The Balaban J connectivity index is 1.57. The highest BCUT2D eigenvalue weighted by molar-refractivity contribution is 5.28. The third-order valence-corrected chi connectivity index (χ3v) is 3.90. The second-order valence-corrected chi connectivity index (χ2v) is 5.45. The highest BCUT2D eigenvalue weighted by atomic mass is 16.5. The topological polar surface area (TPSA) is 61.4 Å². The van der Waals surface area contributed by atoms with Gasteiger partial charge in [-0.15, -0.1) is 0 Å². The normalized spacial score (nSPS) is 19.0. The van der Waals surface area contributed by atoms with Gasteiger partial charge in [-0.2, -0.15) is 5.10 Å². The molecule has 1 fully saturated rings. The Morgan fingerprint density at radius 2 is 2.33 bits per heavy atom. The van der Waals surface area contributed by atoms with Gasteiger partial charge in [0.2, 0.25) is 0 Å². The molecule has 0 unspecified atom stereocenters. The molecule has 2 heterocycles. The number of likely N-dealkylation sites (tertiary alicyclic amines) is 1. The lowest BCUT2D eigenvalue weighted by Crippen LogP contribution is -2.19. The fourth-order valence-electron chi connectivity index (χ4n) is 2.88. The summed E-state index contributed by atoms with van der Waals surface area (Å²) in [5.74, 6) is 1.38. The van der Waals surface area contributed by atoms with Gasteiger partial charge in [-0.1, -0.05) is 12.1 Å². The minimum Gasteiger partial charge on any atom is -0.491 e. The molecule has 0 spiro atoms. The van der Waals surface area contributed by atoms with Crippen LogP contribution in [0.5, 0.6) is 5.75 Å². The average Bonchev–Trinajstić information content (AvgIpc) is 3.16. The van der Waals surface area contributed by atoms with Crippen LogP contribution in [-0.2, 0) is 6.54 Å². The molecular formula is C16H21N3O2. The van der Waals surface area contributed by atoms with Gasteiger partial charge in [-0.25, -0.2) is 0 Å². The fraction of sp³-hybridized carbons (Fsp3) is 0.438. The molecule has 1 aliphatic rings. The van der Waals surface area contributed by atoms with Crippen molar-refractivity contribution in [1.29, 1.82) is 0 Å². The maximum absolute atomic E-state index is 8.81. The maximum atomic E-state index is 8.81. The predicted octanol–water partition coefficient (Wildman–Crippen LogP) is 1.77. The SMILES string of the molecule is OCCOc1cccc(CN2CC[C@H](c3ccn[nH]3)C2)c1. The molecule has 5 nitrogen and oxygen atoms in total. The van der Waals surface area contributed by atoms with E-state index in [1.54, 1.807) is 0 Å². The van der Waals surface area contributed by atoms with Crippen LogP contribution in [0.2, 0.25) is 0 Å². The molecule has 112 valence electrons. The van der Waals surface area contributed by atoms with Crippen molar-refractivity contribution in [3.05, 3.63) is 47.8 Å². The summed E-state index contributed by atoms with van der Waals surface area (Å²) >= 11 is 0. The summed E-state index contributed by atoms with van der Waals surface area (Å²) in [6.07, 6.45) is 2.99. The molecule has 1 aromatic heterocycles. The lowest BCUT2D eigenvalue weighted by atomic mass is 10.1. The van der Waals surface area contributed by atoms with E-state index in [1.165, 1.54) is 17.7 Å². The van der Waals surface area contributed by atoms with E-state index in [0.29, 0.717) is 12.5 Å². The minimum absolute atomic E-state index is 0.0439. The lowest BCUT2D eigenvalue weighted by Gasteiger charge is -2.16. The Kier molecular flexibility index (Phi) is 4.52. The molecule has 1 aliphatic heterocycles. The lowest BCUT2D eigenvalue weighted by molar-refractivity contribution is 0.201. The van der Waals surface area contributed by atoms with E-state index in [9.17, 15) is 0 Å². The van der Waals surface area contributed by atoms with Crippen LogP contribution in [-0.4, -0.2) is 46.5 Å². The molecule has 21 heavy (non-hydrogen) atoms. The van der Waals surface area contributed by atoms with Gasteiger partial charge in [0.05, 0.1) is 6.61 Å². The molecular weight excluding hydrogens is 266 g/mol. The molecule has 0 radical (unpaired) electrons. The highest BCUT2D eigenvalue weighted by Gasteiger charge is 2.24. The van der Waals surface area contributed by atoms with Crippen LogP contribution >= 0.6 is 0 Å². The van der Waals surface area contributed by atoms with Crippen molar-refractivity contribution >= 4 is 0 Å². The number of aliphatic hydroxyl groups excluding tert-OH is 1. The third kappa shape index (κ3) is 3.62. The van der Waals surface area contributed by atoms with Gasteiger partial charge >= 0.3 is 0 Å². The standard InChI is InChI=1S/C16H21N3O2/c20-8-9-21-15-3-1-2-13(10-15)11-19-7-5-14(12-19)16-4-6-17-18-16/h1-4,6,10,14,20H,5,7-9,11-12H2,(H,17,18)/t14-/m0/s1. The smallest absolute Gasteiger partial charge is 0.119 e. The molecule has 2 N–H and O–H groups in total. The van der Waals surface area contributed by atoms with Crippen molar-refractivity contribution in [3.63, 3.8) is 0 Å². The van der Waals surface area contributed by atoms with E-state index in [2.05, 4.69) is 33.3 Å². The molecule has 2 aromatic rings. The van der Waals surface area contributed by atoms with Gasteiger partial charge in [0, 0.05) is 30.9 Å². The molecule has 5 heteroatoms. The van der Waals surface area contributed by atoms with E-state index < -0.39 is 0 Å². The highest BCUT2D eigenvalue weighted by Crippen LogP contribution is 2.27. The second kappa shape index (κ2) is 6.74. The van der Waals surface area contributed by atoms with Gasteiger partial charge < -0.3 is 9.84 Å². The molecule has 0 saturated carbocycles. The quantitative estimate of drug-likeness (QED) is 0.850. The largest absolute Gasteiger partial charge is 0.491 e. The van der Waals surface area contributed by atoms with E-state index in [4.69, 9.17) is 9.84 Å². The Bertz CT molecular complexity index is 556. The van der Waals surface area contributed by atoms with E-state index in [1.807, 2.05) is 18.3 Å². The van der Waals surface area contributed by atoms with Crippen LogP contribution in [0.4, 0.5) is 0 Å². The molecule has 1 atom stereocenters. The summed E-state index contributed by atoms with van der Waals surface area (Å²) < 4.78 is 5.46. The zero-order valence-corrected chi connectivity index (χ0v) is 12.0. The van der Waals surface area contributed by atoms with Gasteiger partial charge in [-0.3, -0.25) is 10.00 Å². The number of nitrogens with one attached hydrogen (secondary N) is 1. The number of ether oxygens (including phenoxy) is 1. The first-order valence-electron chi connectivity index (χ1n) is 7.39. The number of aromatic amines is 1. The molecule has 0 aliphatic carbocycles. The Labute approximate surface area is 124 Å². The number of H-pyrrole nitrogens is 1. The monoisotopic (exact) mass is 287 g/mol. The van der Waals surface area contributed by atoms with Crippen molar-refractivity contribution in [2.75, 3.05) is 26.3 Å². The van der Waals surface area contributed by atoms with Crippen molar-refractivity contribution in [2.45, 2.75) is 18.9 Å². The van der Waals surface area contributed by atoms with E-state index in [0.717, 1.165) is 25.4 Å². The van der Waals surface area contributed by atoms with E-state index >= 15 is 0 Å². The summed E-state index contributed by atoms with van der Waals surface area (Å²) in [5, 5.41) is 15.9. The van der Waals surface area contributed by atoms with Gasteiger partial charge in [-0.05, 0) is 36.7 Å². The van der Waals surface area contributed by atoms with Crippen LogP contribution in [0.15, 0.2) is 36.5 Å². The van der Waals surface area contributed by atoms with Gasteiger partial charge in [0.15, 0.2) is 0 Å². The molecule has 3 rings (SSSR count). The van der Waals surface area contributed by atoms with Gasteiger partial charge in [0.1, 0.15) is 12.4 Å². The molecule has 0 amide bonds. The first-order chi connectivity index (χ1) is 10.3.